The van der Waals surface area contributed by atoms with E-state index in [-0.39, 0.29) is 28.1 Å². The van der Waals surface area contributed by atoms with Crippen molar-refractivity contribution in [2.45, 2.75) is 0 Å². The lowest BCUT2D eigenvalue weighted by atomic mass is 10.2. The maximum atomic E-state index is 12.7. The Balaban J connectivity index is 1.93. The highest BCUT2D eigenvalue weighted by Crippen LogP contribution is 2.39. The number of aromatic carboxylic acids is 1. The van der Waals surface area contributed by atoms with Crippen LogP contribution in [-0.4, -0.2) is 42.7 Å². The molecule has 0 aliphatic carbocycles. The largest absolute Gasteiger partial charge is 0.545 e. The molecule has 0 atom stereocenters. The van der Waals surface area contributed by atoms with Crippen molar-refractivity contribution in [3.8, 4) is 23.8 Å². The number of terminal acetylenes is 1. The van der Waals surface area contributed by atoms with Gasteiger partial charge < -0.3 is 19.4 Å². The molecule has 2 aromatic carbocycles. The highest BCUT2D eigenvalue weighted by molar-refractivity contribution is 8.18. The van der Waals surface area contributed by atoms with Crippen molar-refractivity contribution in [3.63, 3.8) is 0 Å². The Morgan fingerprint density at radius 3 is 2.72 bits per heavy atom. The van der Waals surface area contributed by atoms with Crippen molar-refractivity contribution < 1.29 is 24.2 Å². The Morgan fingerprint density at radius 2 is 2.06 bits per heavy atom. The minimum absolute atomic E-state index is 0.0276. The first-order valence-electron chi connectivity index (χ1n) is 8.96. The number of carboxylic acid groups (broad SMARTS) is 1. The van der Waals surface area contributed by atoms with E-state index >= 15 is 0 Å². The summed E-state index contributed by atoms with van der Waals surface area (Å²) in [5.74, 6) is 1.34. The maximum absolute atomic E-state index is 12.7. The molecule has 2 aromatic rings. The molecule has 1 amide bonds. The Hall–Kier alpha value is -3.12. The van der Waals surface area contributed by atoms with Gasteiger partial charge in [-0.1, -0.05) is 29.1 Å². The molecule has 1 aliphatic heterocycles. The van der Waals surface area contributed by atoms with Crippen LogP contribution in [0, 0.1) is 12.3 Å². The molecule has 10 heteroatoms. The third kappa shape index (κ3) is 5.02. The number of rotatable bonds is 6. The molecule has 0 unspecified atom stereocenters. The van der Waals surface area contributed by atoms with Crippen LogP contribution in [-0.2, 0) is 4.79 Å². The molecule has 3 rings (SSSR count). The number of amidine groups is 1. The fourth-order valence-electron chi connectivity index (χ4n) is 2.73. The van der Waals surface area contributed by atoms with Crippen LogP contribution >= 0.6 is 35.0 Å². The van der Waals surface area contributed by atoms with Crippen LogP contribution in [0.2, 0.25) is 10.0 Å². The van der Waals surface area contributed by atoms with Crippen molar-refractivity contribution in [1.82, 2.24) is 4.90 Å². The number of amides is 1. The average molecular weight is 490 g/mol. The van der Waals surface area contributed by atoms with Crippen LogP contribution < -0.4 is 14.6 Å². The van der Waals surface area contributed by atoms with E-state index in [1.165, 1.54) is 24.1 Å². The standard InChI is InChI=1S/C22H16Cl2N2O5S/c1-4-7-31-19-16(24)8-12(9-17(19)30-3)10-18-20(27)26(2)22(32-18)25-13-5-6-15(23)14(11-13)21(28)29/h1,5-6,8-11H,7H2,2-3H3,(H,28,29)/p-1/b18-10-,25-22?. The first-order chi connectivity index (χ1) is 15.2. The monoisotopic (exact) mass is 489 g/mol. The van der Waals surface area contributed by atoms with Gasteiger partial charge in [-0.25, -0.2) is 4.99 Å². The Kier molecular flexibility index (Phi) is 7.36. The fourth-order valence-corrected chi connectivity index (χ4v) is 4.18. The summed E-state index contributed by atoms with van der Waals surface area (Å²) in [5, 5.41) is 11.9. The van der Waals surface area contributed by atoms with Gasteiger partial charge in [0.25, 0.3) is 5.91 Å². The molecule has 0 aromatic heterocycles. The minimum Gasteiger partial charge on any atom is -0.545 e. The topological polar surface area (TPSA) is 91.3 Å². The molecule has 1 fully saturated rings. The molecule has 164 valence electrons. The van der Waals surface area contributed by atoms with Gasteiger partial charge in [-0.3, -0.25) is 9.69 Å². The fraction of sp³-hybridized carbons (Fsp3) is 0.136. The molecule has 0 bridgehead atoms. The van der Waals surface area contributed by atoms with Gasteiger partial charge in [-0.05, 0) is 53.7 Å². The molecule has 0 radical (unpaired) electrons. The second-order valence-electron chi connectivity index (χ2n) is 6.35. The van der Waals surface area contributed by atoms with Gasteiger partial charge >= 0.3 is 0 Å². The second-order valence-corrected chi connectivity index (χ2v) is 8.17. The molecule has 1 heterocycles. The summed E-state index contributed by atoms with van der Waals surface area (Å²) in [4.78, 5) is 30.0. The van der Waals surface area contributed by atoms with E-state index in [0.29, 0.717) is 32.8 Å². The number of methoxy groups -OCH3 is 1. The van der Waals surface area contributed by atoms with Crippen molar-refractivity contribution in [3.05, 3.63) is 56.4 Å². The Bertz CT molecular complexity index is 1200. The first-order valence-corrected chi connectivity index (χ1v) is 10.5. The highest BCUT2D eigenvalue weighted by Gasteiger charge is 2.30. The van der Waals surface area contributed by atoms with E-state index in [1.54, 1.807) is 31.3 Å². The van der Waals surface area contributed by atoms with Crippen LogP contribution in [0.3, 0.4) is 0 Å². The van der Waals surface area contributed by atoms with Gasteiger partial charge in [0.15, 0.2) is 16.7 Å². The zero-order chi connectivity index (χ0) is 23.4. The molecule has 0 spiro atoms. The molecule has 0 N–H and O–H groups in total. The van der Waals surface area contributed by atoms with Crippen LogP contribution in [0.1, 0.15) is 15.9 Å². The number of carbonyl (C=O) groups excluding carboxylic acids is 2. The summed E-state index contributed by atoms with van der Waals surface area (Å²) in [7, 11) is 3.03. The number of hydrogen-bond donors (Lipinski definition) is 0. The molecule has 32 heavy (non-hydrogen) atoms. The van der Waals surface area contributed by atoms with Crippen LogP contribution in [0.25, 0.3) is 6.08 Å². The third-order valence-electron chi connectivity index (χ3n) is 4.25. The molecular weight excluding hydrogens is 475 g/mol. The van der Waals surface area contributed by atoms with E-state index in [0.717, 1.165) is 11.8 Å². The zero-order valence-electron chi connectivity index (χ0n) is 16.8. The van der Waals surface area contributed by atoms with E-state index < -0.39 is 5.97 Å². The summed E-state index contributed by atoms with van der Waals surface area (Å²) >= 11 is 13.3. The van der Waals surface area contributed by atoms with Crippen molar-refractivity contribution in [1.29, 1.82) is 0 Å². The smallest absolute Gasteiger partial charge is 0.266 e. The summed E-state index contributed by atoms with van der Waals surface area (Å²) in [6, 6.07) is 7.52. The van der Waals surface area contributed by atoms with Gasteiger partial charge in [-0.15, -0.1) is 6.42 Å². The number of thioether (sulfide) groups is 1. The van der Waals surface area contributed by atoms with Gasteiger partial charge in [0, 0.05) is 17.6 Å². The summed E-state index contributed by atoms with van der Waals surface area (Å²) in [6.07, 6.45) is 6.86. The molecular formula is C22H15Cl2N2O5S-. The Labute approximate surface area is 198 Å². The number of ether oxygens (including phenoxy) is 2. The SMILES string of the molecule is C#CCOc1c(Cl)cc(/C=C2\SC(=Nc3ccc(Cl)c(C(=O)[O-])c3)N(C)C2=O)cc1OC. The van der Waals surface area contributed by atoms with Gasteiger partial charge in [0.05, 0.1) is 28.7 Å². The average Bonchev–Trinajstić information content (AvgIpc) is 3.01. The number of benzene rings is 2. The first kappa shape index (κ1) is 23.5. The normalized spacial score (nSPS) is 15.8. The molecule has 7 nitrogen and oxygen atoms in total. The summed E-state index contributed by atoms with van der Waals surface area (Å²) in [5.41, 5.74) is 0.739. The Morgan fingerprint density at radius 1 is 1.31 bits per heavy atom. The molecule has 1 saturated heterocycles. The predicted octanol–water partition coefficient (Wildman–Crippen LogP) is 3.61. The molecule has 1 aliphatic rings. The number of halogens is 2. The summed E-state index contributed by atoms with van der Waals surface area (Å²) < 4.78 is 10.7. The van der Waals surface area contributed by atoms with Crippen molar-refractivity contribution in [2.24, 2.45) is 4.99 Å². The van der Waals surface area contributed by atoms with Crippen LogP contribution in [0.5, 0.6) is 11.5 Å². The van der Waals surface area contributed by atoms with E-state index in [4.69, 9.17) is 39.1 Å². The lowest BCUT2D eigenvalue weighted by molar-refractivity contribution is -0.255. The van der Waals surface area contributed by atoms with Gasteiger partial charge in [0.1, 0.15) is 6.61 Å². The number of nitrogens with zero attached hydrogens (tertiary/aromatic N) is 2. The number of hydrogen-bond acceptors (Lipinski definition) is 7. The number of aliphatic imine (C=N–C) groups is 1. The van der Waals surface area contributed by atoms with Crippen LogP contribution in [0.4, 0.5) is 5.69 Å². The van der Waals surface area contributed by atoms with Gasteiger partial charge in [-0.2, -0.15) is 0 Å². The summed E-state index contributed by atoms with van der Waals surface area (Å²) in [6.45, 7) is 0.0276. The van der Waals surface area contributed by atoms with Crippen molar-refractivity contribution >= 4 is 63.8 Å². The van der Waals surface area contributed by atoms with E-state index in [2.05, 4.69) is 10.9 Å². The maximum Gasteiger partial charge on any atom is 0.266 e. The van der Waals surface area contributed by atoms with E-state index in [1.807, 2.05) is 0 Å². The minimum atomic E-state index is -1.42. The van der Waals surface area contributed by atoms with Gasteiger partial charge in [0.2, 0.25) is 0 Å². The number of carbonyl (C=O) groups is 2. The molecule has 0 saturated carbocycles. The predicted molar refractivity (Wildman–Crippen MR) is 124 cm³/mol. The zero-order valence-corrected chi connectivity index (χ0v) is 19.2. The lowest BCUT2D eigenvalue weighted by Gasteiger charge is -2.11. The third-order valence-corrected chi connectivity index (χ3v) is 5.92. The lowest BCUT2D eigenvalue weighted by Crippen LogP contribution is -2.24. The number of likely N-dealkylation sites (N-methyl/N-ethyl adjacent to an activating group) is 1. The number of carboxylic acids is 1. The second kappa shape index (κ2) is 10.0. The van der Waals surface area contributed by atoms with Crippen molar-refractivity contribution in [2.75, 3.05) is 20.8 Å². The highest BCUT2D eigenvalue weighted by atomic mass is 35.5. The van der Waals surface area contributed by atoms with E-state index in [9.17, 15) is 14.7 Å². The van der Waals surface area contributed by atoms with Crippen LogP contribution in [0.15, 0.2) is 40.2 Å². The quantitative estimate of drug-likeness (QED) is 0.454.